The molecule has 2 aliphatic rings. The molecule has 3 heterocycles. The number of carbonyl (C=O) groups is 1. The summed E-state index contributed by atoms with van der Waals surface area (Å²) in [5.41, 5.74) is 2.33. The Hall–Kier alpha value is -2.37. The molecule has 1 amide bonds. The molecule has 0 saturated carbocycles. The second-order valence-corrected chi connectivity index (χ2v) is 11.2. The molecule has 1 spiro atoms. The van der Waals surface area contributed by atoms with Gasteiger partial charge in [0.25, 0.3) is 0 Å². The lowest BCUT2D eigenvalue weighted by Crippen LogP contribution is -2.56. The number of thiophene rings is 1. The molecule has 0 aliphatic carbocycles. The molecule has 1 atom stereocenters. The number of amides is 1. The van der Waals surface area contributed by atoms with Crippen molar-refractivity contribution in [1.82, 2.24) is 10.2 Å². The summed E-state index contributed by atoms with van der Waals surface area (Å²) >= 11 is 1.84. The van der Waals surface area contributed by atoms with Crippen molar-refractivity contribution < 1.29 is 4.79 Å². The predicted octanol–water partition coefficient (Wildman–Crippen LogP) is 8.39. The molecule has 4 nitrogen and oxygen atoms in total. The first-order valence-corrected chi connectivity index (χ1v) is 15.5. The van der Waals surface area contributed by atoms with Gasteiger partial charge in [-0.2, -0.15) is 0 Å². The first kappa shape index (κ1) is 31.8. The third kappa shape index (κ3) is 8.84. The molecule has 2 saturated heterocycles. The van der Waals surface area contributed by atoms with E-state index in [2.05, 4.69) is 92.0 Å². The topological polar surface area (TPSA) is 35.6 Å². The summed E-state index contributed by atoms with van der Waals surface area (Å²) in [5.74, 6) is 0.841. The van der Waals surface area contributed by atoms with Gasteiger partial charge >= 0.3 is 0 Å². The van der Waals surface area contributed by atoms with E-state index < -0.39 is 0 Å². The van der Waals surface area contributed by atoms with Crippen molar-refractivity contribution in [2.45, 2.75) is 85.1 Å². The van der Waals surface area contributed by atoms with Crippen molar-refractivity contribution in [1.29, 1.82) is 0 Å². The van der Waals surface area contributed by atoms with E-state index >= 15 is 0 Å². The maximum atomic E-state index is 12.4. The van der Waals surface area contributed by atoms with Crippen molar-refractivity contribution in [3.8, 4) is 0 Å². The Morgan fingerprint density at radius 3 is 2.29 bits per heavy atom. The number of likely N-dealkylation sites (tertiary alicyclic amines) is 1. The maximum absolute atomic E-state index is 12.4. The number of allylic oxidation sites excluding steroid dienone is 3. The molecule has 38 heavy (non-hydrogen) atoms. The van der Waals surface area contributed by atoms with Crippen molar-refractivity contribution in [2.75, 3.05) is 31.2 Å². The Kier molecular flexibility index (Phi) is 14.5. The molecule has 210 valence electrons. The normalized spacial score (nSPS) is 17.7. The Labute approximate surface area is 236 Å². The van der Waals surface area contributed by atoms with Gasteiger partial charge in [0.05, 0.1) is 6.67 Å². The van der Waals surface area contributed by atoms with Crippen molar-refractivity contribution in [3.63, 3.8) is 0 Å². The molecule has 0 bridgehead atoms. The first-order valence-electron chi connectivity index (χ1n) is 14.6. The number of para-hydroxylation sites is 1. The largest absolute Gasteiger partial charge is 0.339 e. The highest BCUT2D eigenvalue weighted by atomic mass is 32.1. The van der Waals surface area contributed by atoms with Gasteiger partial charge in [-0.3, -0.25) is 4.79 Å². The lowest BCUT2D eigenvalue weighted by atomic mass is 9.85. The molecule has 1 unspecified atom stereocenters. The van der Waals surface area contributed by atoms with Gasteiger partial charge in [0, 0.05) is 23.7 Å². The maximum Gasteiger partial charge on any atom is 0.247 e. The van der Waals surface area contributed by atoms with Gasteiger partial charge in [-0.25, -0.2) is 0 Å². The molecule has 1 N–H and O–H groups in total. The molecule has 4 rings (SSSR count). The Morgan fingerprint density at radius 1 is 1.08 bits per heavy atom. The monoisotopic (exact) mass is 537 g/mol. The summed E-state index contributed by atoms with van der Waals surface area (Å²) in [5, 5.41) is 5.18. The number of nitrogens with one attached hydrogen (secondary N) is 1. The molecular formula is C33H51N3OS. The van der Waals surface area contributed by atoms with Crippen LogP contribution in [-0.4, -0.2) is 42.6 Å². The minimum absolute atomic E-state index is 0.201. The fourth-order valence-electron chi connectivity index (χ4n) is 5.00. The number of hydrogen-bond acceptors (Lipinski definition) is 4. The van der Waals surface area contributed by atoms with E-state index in [0.29, 0.717) is 12.6 Å². The minimum atomic E-state index is -0.326. The van der Waals surface area contributed by atoms with Crippen molar-refractivity contribution in [2.24, 2.45) is 5.92 Å². The average molecular weight is 538 g/mol. The minimum Gasteiger partial charge on any atom is -0.339 e. The molecule has 1 aromatic carbocycles. The highest BCUT2D eigenvalue weighted by Gasteiger charge is 2.50. The van der Waals surface area contributed by atoms with Crippen molar-refractivity contribution in [3.05, 3.63) is 71.5 Å². The number of piperidine rings is 1. The van der Waals surface area contributed by atoms with E-state index in [1.54, 1.807) is 0 Å². The van der Waals surface area contributed by atoms with Gasteiger partial charge < -0.3 is 15.1 Å². The number of unbranched alkanes of at least 4 members (excludes halogenated alkanes) is 1. The van der Waals surface area contributed by atoms with E-state index in [-0.39, 0.29) is 11.4 Å². The molecule has 2 aliphatic heterocycles. The highest BCUT2D eigenvalue weighted by Crippen LogP contribution is 2.36. The average Bonchev–Trinajstić information content (AvgIpc) is 3.60. The number of rotatable bonds is 9. The summed E-state index contributed by atoms with van der Waals surface area (Å²) in [4.78, 5) is 18.5. The SMILES string of the molecule is C=CCCC(C)/C(=C/CC)c1cccs1.CCCC.CCN1CCC2(CC1)C(=O)NCN2c1ccccc1. The number of anilines is 1. The zero-order valence-corrected chi connectivity index (χ0v) is 25.4. The van der Waals surface area contributed by atoms with Crippen LogP contribution >= 0.6 is 11.3 Å². The van der Waals surface area contributed by atoms with Crippen LogP contribution in [0, 0.1) is 5.92 Å². The lowest BCUT2D eigenvalue weighted by molar-refractivity contribution is -0.125. The Bertz CT molecular complexity index is 944. The number of hydrogen-bond donors (Lipinski definition) is 1. The molecule has 1 aromatic heterocycles. The van der Waals surface area contributed by atoms with Crippen LogP contribution in [0.1, 0.15) is 84.4 Å². The fraction of sp³-hybridized carbons (Fsp3) is 0.545. The third-order valence-electron chi connectivity index (χ3n) is 7.60. The van der Waals surface area contributed by atoms with Crippen LogP contribution in [-0.2, 0) is 4.79 Å². The van der Waals surface area contributed by atoms with E-state index in [9.17, 15) is 4.79 Å². The number of carbonyl (C=O) groups excluding carboxylic acids is 1. The van der Waals surface area contributed by atoms with Crippen LogP contribution in [0.2, 0.25) is 0 Å². The Morgan fingerprint density at radius 2 is 1.76 bits per heavy atom. The smallest absolute Gasteiger partial charge is 0.247 e. The van der Waals surface area contributed by atoms with E-state index in [0.717, 1.165) is 51.0 Å². The van der Waals surface area contributed by atoms with Crippen LogP contribution in [0.3, 0.4) is 0 Å². The van der Waals surface area contributed by atoms with Crippen LogP contribution in [0.25, 0.3) is 5.57 Å². The van der Waals surface area contributed by atoms with Gasteiger partial charge in [0.1, 0.15) is 5.54 Å². The summed E-state index contributed by atoms with van der Waals surface area (Å²) in [7, 11) is 0. The van der Waals surface area contributed by atoms with Gasteiger partial charge in [-0.1, -0.05) is 83.9 Å². The van der Waals surface area contributed by atoms with E-state index in [4.69, 9.17) is 0 Å². The quantitative estimate of drug-likeness (QED) is 0.326. The zero-order valence-electron chi connectivity index (χ0n) is 24.5. The van der Waals surface area contributed by atoms with Gasteiger partial charge in [0.2, 0.25) is 5.91 Å². The molecule has 0 radical (unpaired) electrons. The fourth-order valence-corrected chi connectivity index (χ4v) is 5.88. The van der Waals surface area contributed by atoms with Gasteiger partial charge in [-0.15, -0.1) is 17.9 Å². The Balaban J connectivity index is 0.000000240. The second-order valence-electron chi connectivity index (χ2n) is 10.2. The second kappa shape index (κ2) is 17.3. The van der Waals surface area contributed by atoms with E-state index in [1.807, 2.05) is 35.6 Å². The first-order chi connectivity index (χ1) is 18.5. The van der Waals surface area contributed by atoms with Crippen LogP contribution in [0.5, 0.6) is 0 Å². The lowest BCUT2D eigenvalue weighted by Gasteiger charge is -2.43. The standard InChI is InChI=1S/C15H21N3O.C14H20S.C4H10/c1-2-17-10-8-15(9-11-17)14(19)16-12-18(15)13-6-4-3-5-7-13;1-4-6-9-12(3)13(8-5-2)14-10-7-11-15-14;1-3-4-2/h3-7H,2,8-12H2,1H3,(H,16,19);4,7-8,10-12H,1,5-6,9H2,2-3H3;3-4H2,1-2H3/b;13-8-;. The number of benzene rings is 1. The molecule has 5 heteroatoms. The summed E-state index contributed by atoms with van der Waals surface area (Å²) in [6, 6.07) is 14.6. The van der Waals surface area contributed by atoms with Crippen LogP contribution < -0.4 is 10.2 Å². The third-order valence-corrected chi connectivity index (χ3v) is 8.52. The summed E-state index contributed by atoms with van der Waals surface area (Å²) in [6.45, 7) is 18.6. The van der Waals surface area contributed by atoms with Crippen LogP contribution in [0.15, 0.2) is 66.6 Å². The van der Waals surface area contributed by atoms with Gasteiger partial charge in [-0.05, 0) is 73.7 Å². The molecule has 2 aromatic rings. The van der Waals surface area contributed by atoms with E-state index in [1.165, 1.54) is 29.7 Å². The highest BCUT2D eigenvalue weighted by molar-refractivity contribution is 7.11. The van der Waals surface area contributed by atoms with Crippen molar-refractivity contribution >= 4 is 28.5 Å². The number of nitrogens with zero attached hydrogens (tertiary/aromatic N) is 2. The molecular weight excluding hydrogens is 486 g/mol. The zero-order chi connectivity index (χ0) is 27.8. The van der Waals surface area contributed by atoms with Crippen LogP contribution in [0.4, 0.5) is 5.69 Å². The van der Waals surface area contributed by atoms with Gasteiger partial charge in [0.15, 0.2) is 0 Å². The summed E-state index contributed by atoms with van der Waals surface area (Å²) < 4.78 is 0. The summed E-state index contributed by atoms with van der Waals surface area (Å²) in [6.07, 6.45) is 12.3. The molecule has 2 fully saturated rings. The predicted molar refractivity (Wildman–Crippen MR) is 168 cm³/mol.